The van der Waals surface area contributed by atoms with Crippen LogP contribution >= 0.6 is 0 Å². The SMILES string of the molecule is COCCN(C(=O)c1occc1C(C)C)[C@@H]1CCO[C@@H]1C. The van der Waals surface area contributed by atoms with E-state index in [9.17, 15) is 4.79 Å². The molecule has 0 spiro atoms. The summed E-state index contributed by atoms with van der Waals surface area (Å²) >= 11 is 0. The van der Waals surface area contributed by atoms with Crippen molar-refractivity contribution in [3.05, 3.63) is 23.7 Å². The van der Waals surface area contributed by atoms with Crippen LogP contribution in [0.25, 0.3) is 0 Å². The van der Waals surface area contributed by atoms with Crippen molar-refractivity contribution in [1.29, 1.82) is 0 Å². The van der Waals surface area contributed by atoms with Gasteiger partial charge in [0.05, 0.1) is 25.0 Å². The second-order valence-corrected chi connectivity index (χ2v) is 5.78. The Morgan fingerprint density at radius 2 is 2.29 bits per heavy atom. The number of hydrogen-bond acceptors (Lipinski definition) is 4. The quantitative estimate of drug-likeness (QED) is 0.809. The third-order valence-electron chi connectivity index (χ3n) is 4.05. The van der Waals surface area contributed by atoms with E-state index in [1.54, 1.807) is 13.4 Å². The minimum atomic E-state index is -0.0666. The topological polar surface area (TPSA) is 51.9 Å². The van der Waals surface area contributed by atoms with Crippen molar-refractivity contribution in [2.75, 3.05) is 26.9 Å². The van der Waals surface area contributed by atoms with Gasteiger partial charge in [0.25, 0.3) is 5.91 Å². The van der Waals surface area contributed by atoms with E-state index < -0.39 is 0 Å². The monoisotopic (exact) mass is 295 g/mol. The predicted octanol–water partition coefficient (Wildman–Crippen LogP) is 2.67. The molecule has 5 heteroatoms. The molecule has 118 valence electrons. The molecule has 0 saturated carbocycles. The lowest BCUT2D eigenvalue weighted by molar-refractivity contribution is 0.0399. The highest BCUT2D eigenvalue weighted by molar-refractivity contribution is 5.93. The van der Waals surface area contributed by atoms with Gasteiger partial charge in [0.15, 0.2) is 5.76 Å². The minimum absolute atomic E-state index is 0.0447. The average molecular weight is 295 g/mol. The molecule has 0 unspecified atom stereocenters. The normalized spacial score (nSPS) is 22.0. The first kappa shape index (κ1) is 16.0. The Morgan fingerprint density at radius 3 is 2.86 bits per heavy atom. The fraction of sp³-hybridized carbons (Fsp3) is 0.688. The molecule has 1 fully saturated rings. The van der Waals surface area contributed by atoms with Gasteiger partial charge in [0, 0.05) is 25.8 Å². The van der Waals surface area contributed by atoms with E-state index in [4.69, 9.17) is 13.9 Å². The summed E-state index contributed by atoms with van der Waals surface area (Å²) in [6, 6.07) is 1.96. The minimum Gasteiger partial charge on any atom is -0.459 e. The van der Waals surface area contributed by atoms with Crippen molar-refractivity contribution in [2.24, 2.45) is 0 Å². The lowest BCUT2D eigenvalue weighted by atomic mass is 10.0. The first-order valence-corrected chi connectivity index (χ1v) is 7.55. The van der Waals surface area contributed by atoms with Gasteiger partial charge < -0.3 is 18.8 Å². The molecular formula is C16H25NO4. The zero-order valence-electron chi connectivity index (χ0n) is 13.3. The molecular weight excluding hydrogens is 270 g/mol. The average Bonchev–Trinajstić information content (AvgIpc) is 3.08. The van der Waals surface area contributed by atoms with Gasteiger partial charge in [-0.2, -0.15) is 0 Å². The molecule has 1 saturated heterocycles. The molecule has 0 bridgehead atoms. The zero-order chi connectivity index (χ0) is 15.4. The molecule has 1 aliphatic rings. The fourth-order valence-corrected chi connectivity index (χ4v) is 2.82. The smallest absolute Gasteiger partial charge is 0.290 e. The van der Waals surface area contributed by atoms with Crippen LogP contribution in [0.15, 0.2) is 16.7 Å². The summed E-state index contributed by atoms with van der Waals surface area (Å²) in [5.74, 6) is 0.632. The highest BCUT2D eigenvalue weighted by atomic mass is 16.5. The molecule has 1 aromatic rings. The van der Waals surface area contributed by atoms with Crippen LogP contribution < -0.4 is 0 Å². The Kier molecular flexibility index (Phi) is 5.42. The van der Waals surface area contributed by atoms with Crippen molar-refractivity contribution < 1.29 is 18.7 Å². The summed E-state index contributed by atoms with van der Waals surface area (Å²) in [7, 11) is 1.64. The lowest BCUT2D eigenvalue weighted by Crippen LogP contribution is -2.45. The van der Waals surface area contributed by atoms with Crippen LogP contribution in [0.5, 0.6) is 0 Å². The largest absolute Gasteiger partial charge is 0.459 e. The second-order valence-electron chi connectivity index (χ2n) is 5.78. The van der Waals surface area contributed by atoms with Crippen LogP contribution in [0.3, 0.4) is 0 Å². The van der Waals surface area contributed by atoms with Gasteiger partial charge in [-0.3, -0.25) is 4.79 Å². The number of rotatable bonds is 6. The second kappa shape index (κ2) is 7.09. The predicted molar refractivity (Wildman–Crippen MR) is 79.5 cm³/mol. The van der Waals surface area contributed by atoms with Crippen LogP contribution in [0, 0.1) is 0 Å². The van der Waals surface area contributed by atoms with Crippen molar-refractivity contribution in [2.45, 2.75) is 45.3 Å². The summed E-state index contributed by atoms with van der Waals surface area (Å²) in [4.78, 5) is 14.7. The van der Waals surface area contributed by atoms with Crippen LogP contribution in [0.1, 0.15) is 49.2 Å². The Hall–Kier alpha value is -1.33. The number of carbonyl (C=O) groups excluding carboxylic acids is 1. The number of hydrogen-bond donors (Lipinski definition) is 0. The Morgan fingerprint density at radius 1 is 1.52 bits per heavy atom. The van der Waals surface area contributed by atoms with E-state index in [0.29, 0.717) is 25.5 Å². The van der Waals surface area contributed by atoms with Gasteiger partial charge in [0.1, 0.15) is 0 Å². The van der Waals surface area contributed by atoms with Gasteiger partial charge in [-0.05, 0) is 25.3 Å². The number of amides is 1. The number of ether oxygens (including phenoxy) is 2. The molecule has 2 atom stereocenters. The molecule has 5 nitrogen and oxygen atoms in total. The first-order chi connectivity index (χ1) is 10.1. The van der Waals surface area contributed by atoms with Crippen molar-refractivity contribution in [3.63, 3.8) is 0 Å². The van der Waals surface area contributed by atoms with E-state index in [2.05, 4.69) is 13.8 Å². The van der Waals surface area contributed by atoms with Gasteiger partial charge >= 0.3 is 0 Å². The maximum Gasteiger partial charge on any atom is 0.290 e. The lowest BCUT2D eigenvalue weighted by Gasteiger charge is -2.30. The van der Waals surface area contributed by atoms with Gasteiger partial charge in [0.2, 0.25) is 0 Å². The molecule has 1 aromatic heterocycles. The van der Waals surface area contributed by atoms with Crippen LogP contribution in [-0.2, 0) is 9.47 Å². The molecule has 0 N–H and O–H groups in total. The van der Waals surface area contributed by atoms with Crippen LogP contribution in [-0.4, -0.2) is 49.8 Å². The van der Waals surface area contributed by atoms with Crippen molar-refractivity contribution in [1.82, 2.24) is 4.90 Å². The van der Waals surface area contributed by atoms with Crippen molar-refractivity contribution in [3.8, 4) is 0 Å². The Labute approximate surface area is 126 Å². The van der Waals surface area contributed by atoms with E-state index >= 15 is 0 Å². The summed E-state index contributed by atoms with van der Waals surface area (Å²) in [5, 5.41) is 0. The molecule has 2 rings (SSSR count). The third kappa shape index (κ3) is 3.47. The molecule has 0 aromatic carbocycles. The number of furan rings is 1. The summed E-state index contributed by atoms with van der Waals surface area (Å²) in [6.45, 7) is 7.87. The number of methoxy groups -OCH3 is 1. The Bertz CT molecular complexity index is 469. The molecule has 0 radical (unpaired) electrons. The molecule has 0 aliphatic carbocycles. The van der Waals surface area contributed by atoms with Gasteiger partial charge in [-0.1, -0.05) is 13.8 Å². The zero-order valence-corrected chi connectivity index (χ0v) is 13.3. The number of carbonyl (C=O) groups is 1. The molecule has 1 aliphatic heterocycles. The fourth-order valence-electron chi connectivity index (χ4n) is 2.82. The maximum atomic E-state index is 12.9. The summed E-state index contributed by atoms with van der Waals surface area (Å²) in [6.07, 6.45) is 2.49. The highest BCUT2D eigenvalue weighted by Gasteiger charge is 2.35. The van der Waals surface area contributed by atoms with Crippen LogP contribution in [0.2, 0.25) is 0 Å². The van der Waals surface area contributed by atoms with Crippen molar-refractivity contribution >= 4 is 5.91 Å². The first-order valence-electron chi connectivity index (χ1n) is 7.55. The Balaban J connectivity index is 2.23. The van der Waals surface area contributed by atoms with Crippen LogP contribution in [0.4, 0.5) is 0 Å². The van der Waals surface area contributed by atoms with E-state index in [1.807, 2.05) is 17.9 Å². The third-order valence-corrected chi connectivity index (χ3v) is 4.05. The maximum absolute atomic E-state index is 12.9. The van der Waals surface area contributed by atoms with E-state index in [1.165, 1.54) is 0 Å². The van der Waals surface area contributed by atoms with E-state index in [-0.39, 0.29) is 24.0 Å². The van der Waals surface area contributed by atoms with E-state index in [0.717, 1.165) is 12.0 Å². The molecule has 21 heavy (non-hydrogen) atoms. The molecule has 1 amide bonds. The molecule has 2 heterocycles. The summed E-state index contributed by atoms with van der Waals surface area (Å²) < 4.78 is 16.2. The number of nitrogens with zero attached hydrogens (tertiary/aromatic N) is 1. The summed E-state index contributed by atoms with van der Waals surface area (Å²) in [5.41, 5.74) is 0.953. The van der Waals surface area contributed by atoms with Gasteiger partial charge in [-0.25, -0.2) is 0 Å². The highest BCUT2D eigenvalue weighted by Crippen LogP contribution is 2.26. The standard InChI is InChI=1S/C16H25NO4/c1-11(2)13-5-8-21-15(13)16(18)17(7-10-19-4)14-6-9-20-12(14)3/h5,8,11-12,14H,6-7,9-10H2,1-4H3/t12-,14-/m1/s1. The van der Waals surface area contributed by atoms with Gasteiger partial charge in [-0.15, -0.1) is 0 Å².